The SMILES string of the molecule is CC(=O)c1cnc(N2CCc3[nH]c4ccc(F)cc4c3C2)nc1C. The highest BCUT2D eigenvalue weighted by molar-refractivity contribution is 5.94. The highest BCUT2D eigenvalue weighted by atomic mass is 19.1. The van der Waals surface area contributed by atoms with Gasteiger partial charge in [0.2, 0.25) is 5.95 Å². The van der Waals surface area contributed by atoms with Crippen molar-refractivity contribution in [1.29, 1.82) is 0 Å². The Balaban J connectivity index is 1.71. The van der Waals surface area contributed by atoms with Crippen molar-refractivity contribution in [2.45, 2.75) is 26.8 Å². The first-order chi connectivity index (χ1) is 11.5. The van der Waals surface area contributed by atoms with Gasteiger partial charge in [-0.05, 0) is 32.0 Å². The molecule has 3 heterocycles. The highest BCUT2D eigenvalue weighted by Gasteiger charge is 2.23. The number of carbonyl (C=O) groups excluding carboxylic acids is 1. The number of rotatable bonds is 2. The van der Waals surface area contributed by atoms with Crippen LogP contribution in [0.2, 0.25) is 0 Å². The van der Waals surface area contributed by atoms with E-state index >= 15 is 0 Å². The van der Waals surface area contributed by atoms with Crippen LogP contribution in [0.5, 0.6) is 0 Å². The number of anilines is 1. The molecule has 0 radical (unpaired) electrons. The summed E-state index contributed by atoms with van der Waals surface area (Å²) in [6, 6.07) is 4.81. The molecule has 3 aromatic rings. The number of hydrogen-bond acceptors (Lipinski definition) is 4. The van der Waals surface area contributed by atoms with Crippen LogP contribution in [0.25, 0.3) is 10.9 Å². The van der Waals surface area contributed by atoms with Gasteiger partial charge in [-0.1, -0.05) is 0 Å². The van der Waals surface area contributed by atoms with Crippen LogP contribution < -0.4 is 4.90 Å². The lowest BCUT2D eigenvalue weighted by atomic mass is 10.0. The van der Waals surface area contributed by atoms with Crippen molar-refractivity contribution >= 4 is 22.6 Å². The van der Waals surface area contributed by atoms with Gasteiger partial charge in [-0.2, -0.15) is 0 Å². The van der Waals surface area contributed by atoms with Gasteiger partial charge in [0, 0.05) is 47.9 Å². The summed E-state index contributed by atoms with van der Waals surface area (Å²) in [6.45, 7) is 4.73. The summed E-state index contributed by atoms with van der Waals surface area (Å²) in [4.78, 5) is 25.8. The van der Waals surface area contributed by atoms with Gasteiger partial charge in [0.1, 0.15) is 5.82 Å². The summed E-state index contributed by atoms with van der Waals surface area (Å²) >= 11 is 0. The summed E-state index contributed by atoms with van der Waals surface area (Å²) in [5.74, 6) is 0.334. The molecule has 24 heavy (non-hydrogen) atoms. The molecule has 0 unspecified atom stereocenters. The molecule has 122 valence electrons. The molecule has 0 bridgehead atoms. The monoisotopic (exact) mass is 324 g/mol. The Morgan fingerprint density at radius 2 is 2.21 bits per heavy atom. The molecule has 0 atom stereocenters. The second-order valence-corrected chi connectivity index (χ2v) is 6.17. The van der Waals surface area contributed by atoms with Crippen molar-refractivity contribution in [3.8, 4) is 0 Å². The molecule has 5 nitrogen and oxygen atoms in total. The Kier molecular flexibility index (Phi) is 3.33. The van der Waals surface area contributed by atoms with Crippen molar-refractivity contribution in [3.63, 3.8) is 0 Å². The number of hydrogen-bond donors (Lipinski definition) is 1. The molecule has 0 amide bonds. The molecular weight excluding hydrogens is 307 g/mol. The Hall–Kier alpha value is -2.76. The second kappa shape index (κ2) is 5.40. The zero-order valence-electron chi connectivity index (χ0n) is 13.6. The lowest BCUT2D eigenvalue weighted by Gasteiger charge is -2.27. The first kappa shape index (κ1) is 14.8. The van der Waals surface area contributed by atoms with E-state index in [4.69, 9.17) is 0 Å². The van der Waals surface area contributed by atoms with Crippen LogP contribution >= 0.6 is 0 Å². The van der Waals surface area contributed by atoms with Crippen LogP contribution in [-0.4, -0.2) is 27.3 Å². The predicted molar refractivity (Wildman–Crippen MR) is 89.8 cm³/mol. The molecule has 0 spiro atoms. The third-order valence-electron chi connectivity index (χ3n) is 4.57. The minimum Gasteiger partial charge on any atom is -0.358 e. The van der Waals surface area contributed by atoms with Crippen LogP contribution in [-0.2, 0) is 13.0 Å². The molecule has 0 aliphatic carbocycles. The van der Waals surface area contributed by atoms with Gasteiger partial charge >= 0.3 is 0 Å². The van der Waals surface area contributed by atoms with Gasteiger partial charge in [0.05, 0.1) is 11.3 Å². The zero-order chi connectivity index (χ0) is 16.8. The zero-order valence-corrected chi connectivity index (χ0v) is 13.6. The molecule has 1 N–H and O–H groups in total. The van der Waals surface area contributed by atoms with Gasteiger partial charge < -0.3 is 9.88 Å². The Morgan fingerprint density at radius 1 is 1.38 bits per heavy atom. The second-order valence-electron chi connectivity index (χ2n) is 6.17. The van der Waals surface area contributed by atoms with Crippen molar-refractivity contribution in [2.75, 3.05) is 11.4 Å². The maximum Gasteiger partial charge on any atom is 0.225 e. The lowest BCUT2D eigenvalue weighted by Crippen LogP contribution is -2.31. The largest absolute Gasteiger partial charge is 0.358 e. The van der Waals surface area contributed by atoms with Crippen LogP contribution in [0.15, 0.2) is 24.4 Å². The van der Waals surface area contributed by atoms with Crippen LogP contribution in [0.1, 0.15) is 34.2 Å². The number of fused-ring (bicyclic) bond motifs is 3. The van der Waals surface area contributed by atoms with E-state index in [2.05, 4.69) is 19.9 Å². The number of aromatic nitrogens is 3. The summed E-state index contributed by atoms with van der Waals surface area (Å²) < 4.78 is 13.6. The number of aromatic amines is 1. The van der Waals surface area contributed by atoms with E-state index in [1.54, 1.807) is 18.3 Å². The van der Waals surface area contributed by atoms with E-state index in [9.17, 15) is 9.18 Å². The summed E-state index contributed by atoms with van der Waals surface area (Å²) in [5.41, 5.74) is 4.41. The number of halogens is 1. The molecule has 0 saturated carbocycles. The van der Waals surface area contributed by atoms with Gasteiger partial charge in [-0.15, -0.1) is 0 Å². The Labute approximate surface area is 138 Å². The average Bonchev–Trinajstić information content (AvgIpc) is 2.91. The maximum absolute atomic E-state index is 13.6. The molecule has 1 aliphatic rings. The lowest BCUT2D eigenvalue weighted by molar-refractivity contribution is 0.101. The number of Topliss-reactive ketones (excluding diaryl/α,β-unsaturated/α-hetero) is 1. The minimum atomic E-state index is -0.237. The molecule has 2 aromatic heterocycles. The molecule has 0 saturated heterocycles. The standard InChI is InChI=1S/C18H17FN4O/c1-10-14(11(2)24)8-20-18(21-10)23-6-5-17-15(9-23)13-7-12(19)3-4-16(13)22-17/h3-4,7-8,22H,5-6,9H2,1-2H3. The maximum atomic E-state index is 13.6. The fourth-order valence-corrected chi connectivity index (χ4v) is 3.31. The van der Waals surface area contributed by atoms with Crippen molar-refractivity contribution in [3.05, 3.63) is 52.7 Å². The molecule has 0 fully saturated rings. The van der Waals surface area contributed by atoms with Crippen molar-refractivity contribution in [2.24, 2.45) is 0 Å². The Bertz CT molecular complexity index is 963. The van der Waals surface area contributed by atoms with E-state index < -0.39 is 0 Å². The molecule has 4 rings (SSSR count). The van der Waals surface area contributed by atoms with Crippen LogP contribution in [0.4, 0.5) is 10.3 Å². The fourth-order valence-electron chi connectivity index (χ4n) is 3.31. The topological polar surface area (TPSA) is 61.9 Å². The minimum absolute atomic E-state index is 0.0351. The number of nitrogens with one attached hydrogen (secondary N) is 1. The summed E-state index contributed by atoms with van der Waals surface area (Å²) in [5, 5.41) is 0.909. The van der Waals surface area contributed by atoms with Gasteiger partial charge in [0.15, 0.2) is 5.78 Å². The van der Waals surface area contributed by atoms with E-state index in [0.29, 0.717) is 23.8 Å². The first-order valence-corrected chi connectivity index (χ1v) is 7.91. The number of aryl methyl sites for hydroxylation is 1. The molecule has 1 aromatic carbocycles. The van der Waals surface area contributed by atoms with Crippen LogP contribution in [0.3, 0.4) is 0 Å². The quantitative estimate of drug-likeness (QED) is 0.736. The summed E-state index contributed by atoms with van der Waals surface area (Å²) in [6.07, 6.45) is 2.41. The third kappa shape index (κ3) is 2.35. The normalized spacial score (nSPS) is 14.0. The predicted octanol–water partition coefficient (Wildman–Crippen LogP) is 3.17. The van der Waals surface area contributed by atoms with E-state index in [1.165, 1.54) is 13.0 Å². The first-order valence-electron chi connectivity index (χ1n) is 7.91. The van der Waals surface area contributed by atoms with Gasteiger partial charge in [-0.3, -0.25) is 4.79 Å². The number of nitrogens with zero attached hydrogens (tertiary/aromatic N) is 3. The fraction of sp³-hybridized carbons (Fsp3) is 0.278. The van der Waals surface area contributed by atoms with E-state index in [0.717, 1.165) is 35.1 Å². The molecule has 6 heteroatoms. The third-order valence-corrected chi connectivity index (χ3v) is 4.57. The van der Waals surface area contributed by atoms with E-state index in [1.807, 2.05) is 6.92 Å². The number of benzene rings is 1. The van der Waals surface area contributed by atoms with E-state index in [-0.39, 0.29) is 11.6 Å². The number of H-pyrrole nitrogens is 1. The van der Waals surface area contributed by atoms with Crippen molar-refractivity contribution < 1.29 is 9.18 Å². The van der Waals surface area contributed by atoms with Crippen LogP contribution in [0, 0.1) is 12.7 Å². The summed E-state index contributed by atoms with van der Waals surface area (Å²) in [7, 11) is 0. The molecular formula is C18H17FN4O. The Morgan fingerprint density at radius 3 is 2.96 bits per heavy atom. The smallest absolute Gasteiger partial charge is 0.225 e. The number of ketones is 1. The van der Waals surface area contributed by atoms with Gasteiger partial charge in [-0.25, -0.2) is 14.4 Å². The van der Waals surface area contributed by atoms with Gasteiger partial charge in [0.25, 0.3) is 0 Å². The van der Waals surface area contributed by atoms with Crippen molar-refractivity contribution in [1.82, 2.24) is 15.0 Å². The highest BCUT2D eigenvalue weighted by Crippen LogP contribution is 2.29. The molecule has 1 aliphatic heterocycles. The average molecular weight is 324 g/mol. The number of carbonyl (C=O) groups is 1.